The lowest BCUT2D eigenvalue weighted by Crippen LogP contribution is -2.62. The molecular weight excluding hydrogens is 354 g/mol. The molecule has 0 unspecified atom stereocenters. The molecule has 2 aliphatic rings. The van der Waals surface area contributed by atoms with E-state index < -0.39 is 11.2 Å². The van der Waals surface area contributed by atoms with E-state index in [-0.39, 0.29) is 6.61 Å². The Labute approximate surface area is 167 Å². The maximum absolute atomic E-state index is 10.3. The summed E-state index contributed by atoms with van der Waals surface area (Å²) in [6, 6.07) is 20.1. The first-order chi connectivity index (χ1) is 13.6. The maximum atomic E-state index is 10.3. The lowest BCUT2D eigenvalue weighted by Gasteiger charge is -2.49. The van der Waals surface area contributed by atoms with Crippen LogP contribution in [0, 0.1) is 5.41 Å². The van der Waals surface area contributed by atoms with Gasteiger partial charge in [0.1, 0.15) is 13.1 Å². The summed E-state index contributed by atoms with van der Waals surface area (Å²) >= 11 is 0. The van der Waals surface area contributed by atoms with E-state index in [0.29, 0.717) is 13.2 Å². The van der Waals surface area contributed by atoms with Crippen molar-refractivity contribution < 1.29 is 23.8 Å². The summed E-state index contributed by atoms with van der Waals surface area (Å²) in [6.45, 7) is 5.17. The van der Waals surface area contributed by atoms with Crippen molar-refractivity contribution >= 4 is 0 Å². The van der Waals surface area contributed by atoms with E-state index in [1.165, 1.54) is 0 Å². The third kappa shape index (κ3) is 3.73. The maximum Gasteiger partial charge on any atom is 0.222 e. The van der Waals surface area contributed by atoms with Crippen LogP contribution in [-0.2, 0) is 20.0 Å². The Bertz CT molecular complexity index is 709. The molecule has 0 spiro atoms. The Hall–Kier alpha value is -1.76. The van der Waals surface area contributed by atoms with Crippen LogP contribution in [0.15, 0.2) is 60.7 Å². The predicted octanol–water partition coefficient (Wildman–Crippen LogP) is 2.39. The van der Waals surface area contributed by atoms with Crippen LogP contribution in [0.2, 0.25) is 0 Å². The highest BCUT2D eigenvalue weighted by molar-refractivity contribution is 5.34. The zero-order valence-electron chi connectivity index (χ0n) is 16.5. The van der Waals surface area contributed by atoms with Gasteiger partial charge in [0, 0.05) is 11.1 Å². The van der Waals surface area contributed by atoms with Crippen molar-refractivity contribution in [1.82, 2.24) is 0 Å². The molecule has 2 aliphatic heterocycles. The number of hydrogen-bond donors (Lipinski definition) is 1. The average molecular weight is 384 g/mol. The number of benzene rings is 2. The molecule has 2 heterocycles. The standard InChI is InChI=1S/C23H30NO4/c1-24(12-14-26-15-13-24)16-22(17-25)18-27-23(28-19-22,20-8-4-2-5-9-20)21-10-6-3-7-11-21/h2-11,25H,12-19H2,1H3/q+1. The SMILES string of the molecule is C[N+]1(CC2(CO)COC(c3ccccc3)(c3ccccc3)OC2)CCOCC1. The molecule has 2 aromatic carbocycles. The van der Waals surface area contributed by atoms with Crippen molar-refractivity contribution in [1.29, 1.82) is 0 Å². The third-order valence-corrected chi connectivity index (χ3v) is 6.07. The van der Waals surface area contributed by atoms with E-state index in [9.17, 15) is 5.11 Å². The second-order valence-corrected chi connectivity index (χ2v) is 8.42. The van der Waals surface area contributed by atoms with Crippen LogP contribution in [0.3, 0.4) is 0 Å². The molecule has 2 saturated heterocycles. The molecule has 0 aromatic heterocycles. The van der Waals surface area contributed by atoms with Crippen molar-refractivity contribution in [2.24, 2.45) is 5.41 Å². The number of aliphatic hydroxyl groups is 1. The van der Waals surface area contributed by atoms with Crippen LogP contribution in [0.1, 0.15) is 11.1 Å². The number of likely N-dealkylation sites (N-methyl/N-ethyl adjacent to an activating group) is 1. The average Bonchev–Trinajstić information content (AvgIpc) is 2.76. The normalized spacial score (nSPS) is 23.2. The lowest BCUT2D eigenvalue weighted by molar-refractivity contribution is -0.923. The van der Waals surface area contributed by atoms with Gasteiger partial charge in [0.15, 0.2) is 0 Å². The minimum Gasteiger partial charge on any atom is -0.395 e. The highest BCUT2D eigenvalue weighted by Gasteiger charge is 2.50. The summed E-state index contributed by atoms with van der Waals surface area (Å²) in [6.07, 6.45) is 0. The van der Waals surface area contributed by atoms with Crippen molar-refractivity contribution in [3.8, 4) is 0 Å². The third-order valence-electron chi connectivity index (χ3n) is 6.07. The fourth-order valence-corrected chi connectivity index (χ4v) is 4.39. The van der Waals surface area contributed by atoms with E-state index in [0.717, 1.165) is 48.5 Å². The van der Waals surface area contributed by atoms with Crippen LogP contribution in [-0.4, -0.2) is 69.3 Å². The molecule has 0 bridgehead atoms. The molecule has 5 heteroatoms. The molecule has 0 saturated carbocycles. The molecule has 4 rings (SSSR count). The monoisotopic (exact) mass is 384 g/mol. The largest absolute Gasteiger partial charge is 0.395 e. The van der Waals surface area contributed by atoms with Gasteiger partial charge in [-0.2, -0.15) is 0 Å². The van der Waals surface area contributed by atoms with E-state index in [2.05, 4.69) is 7.05 Å². The van der Waals surface area contributed by atoms with E-state index in [4.69, 9.17) is 14.2 Å². The molecule has 0 amide bonds. The summed E-state index contributed by atoms with van der Waals surface area (Å²) < 4.78 is 19.4. The van der Waals surface area contributed by atoms with Gasteiger partial charge in [-0.15, -0.1) is 0 Å². The second-order valence-electron chi connectivity index (χ2n) is 8.42. The number of hydrogen-bond acceptors (Lipinski definition) is 4. The number of aliphatic hydroxyl groups excluding tert-OH is 1. The van der Waals surface area contributed by atoms with Crippen LogP contribution in [0.4, 0.5) is 0 Å². The van der Waals surface area contributed by atoms with E-state index in [1.54, 1.807) is 0 Å². The molecule has 0 aliphatic carbocycles. The van der Waals surface area contributed by atoms with Gasteiger partial charge in [0.25, 0.3) is 0 Å². The molecule has 150 valence electrons. The van der Waals surface area contributed by atoms with Gasteiger partial charge in [-0.1, -0.05) is 60.7 Å². The first-order valence-electron chi connectivity index (χ1n) is 10.0. The molecule has 5 nitrogen and oxygen atoms in total. The summed E-state index contributed by atoms with van der Waals surface area (Å²) in [5.41, 5.74) is 1.53. The van der Waals surface area contributed by atoms with Crippen molar-refractivity contribution in [2.45, 2.75) is 5.79 Å². The van der Waals surface area contributed by atoms with Gasteiger partial charge in [-0.3, -0.25) is 0 Å². The number of morpholine rings is 1. The second kappa shape index (κ2) is 7.93. The Balaban J connectivity index is 1.61. The molecule has 28 heavy (non-hydrogen) atoms. The fraction of sp³-hybridized carbons (Fsp3) is 0.478. The fourth-order valence-electron chi connectivity index (χ4n) is 4.39. The first-order valence-corrected chi connectivity index (χ1v) is 10.0. The van der Waals surface area contributed by atoms with Crippen LogP contribution < -0.4 is 0 Å². The summed E-state index contributed by atoms with van der Waals surface area (Å²) in [5, 5.41) is 10.3. The topological polar surface area (TPSA) is 47.9 Å². The molecule has 2 fully saturated rings. The molecule has 0 atom stereocenters. The Morgan fingerprint density at radius 3 is 1.82 bits per heavy atom. The zero-order chi connectivity index (χ0) is 19.5. The smallest absolute Gasteiger partial charge is 0.222 e. The minimum absolute atomic E-state index is 0.0430. The summed E-state index contributed by atoms with van der Waals surface area (Å²) in [4.78, 5) is 0. The van der Waals surface area contributed by atoms with Gasteiger partial charge < -0.3 is 23.8 Å². The number of nitrogens with zero attached hydrogens (tertiary/aromatic N) is 1. The minimum atomic E-state index is -0.940. The Kier molecular flexibility index (Phi) is 5.54. The Morgan fingerprint density at radius 2 is 1.36 bits per heavy atom. The summed E-state index contributed by atoms with van der Waals surface area (Å²) in [5.74, 6) is -0.940. The zero-order valence-corrected chi connectivity index (χ0v) is 16.5. The van der Waals surface area contributed by atoms with Crippen LogP contribution >= 0.6 is 0 Å². The van der Waals surface area contributed by atoms with E-state index >= 15 is 0 Å². The number of rotatable bonds is 5. The van der Waals surface area contributed by atoms with E-state index in [1.807, 2.05) is 60.7 Å². The predicted molar refractivity (Wildman–Crippen MR) is 107 cm³/mol. The van der Waals surface area contributed by atoms with Gasteiger partial charge in [0.05, 0.1) is 52.0 Å². The van der Waals surface area contributed by atoms with Gasteiger partial charge in [0.2, 0.25) is 5.79 Å². The van der Waals surface area contributed by atoms with Crippen LogP contribution in [0.5, 0.6) is 0 Å². The highest BCUT2D eigenvalue weighted by Crippen LogP contribution is 2.42. The number of quaternary nitrogens is 1. The Morgan fingerprint density at radius 1 is 0.857 bits per heavy atom. The molecule has 2 aromatic rings. The molecular formula is C23H30NO4+. The molecule has 0 radical (unpaired) electrons. The highest BCUT2D eigenvalue weighted by atomic mass is 16.7. The van der Waals surface area contributed by atoms with Crippen LogP contribution in [0.25, 0.3) is 0 Å². The van der Waals surface area contributed by atoms with Crippen molar-refractivity contribution in [2.75, 3.05) is 59.7 Å². The van der Waals surface area contributed by atoms with Crippen molar-refractivity contribution in [3.05, 3.63) is 71.8 Å². The first kappa shape index (κ1) is 19.6. The van der Waals surface area contributed by atoms with Crippen molar-refractivity contribution in [3.63, 3.8) is 0 Å². The van der Waals surface area contributed by atoms with Gasteiger partial charge >= 0.3 is 0 Å². The van der Waals surface area contributed by atoms with Gasteiger partial charge in [-0.25, -0.2) is 0 Å². The van der Waals surface area contributed by atoms with Gasteiger partial charge in [-0.05, 0) is 0 Å². The molecule has 1 N–H and O–H groups in total. The summed E-state index contributed by atoms with van der Waals surface area (Å²) in [7, 11) is 2.23. The number of ether oxygens (including phenoxy) is 3. The lowest BCUT2D eigenvalue weighted by atomic mass is 9.86. The quantitative estimate of drug-likeness (QED) is 0.805.